The maximum atomic E-state index is 13.6. The molecule has 24 heavy (non-hydrogen) atoms. The average molecular weight is 354 g/mol. The molecule has 1 spiro atoms. The Hall–Kier alpha value is -2.15. The minimum Gasteiger partial charge on any atom is -0.323 e. The number of anilines is 1. The molecule has 8 heteroatoms. The van der Waals surface area contributed by atoms with Gasteiger partial charge in [-0.2, -0.15) is 0 Å². The van der Waals surface area contributed by atoms with Crippen LogP contribution in [-0.4, -0.2) is 34.8 Å². The number of nitrogens with zero attached hydrogens (tertiary/aromatic N) is 1. The number of hydrogen-bond donors (Lipinski definition) is 2. The van der Waals surface area contributed by atoms with Gasteiger partial charge in [0, 0.05) is 18.0 Å². The number of benzene rings is 1. The third-order valence-corrected chi connectivity index (χ3v) is 4.70. The van der Waals surface area contributed by atoms with Gasteiger partial charge in [-0.1, -0.05) is 24.4 Å². The molecular formula is C16H17ClFN3O3. The molecule has 1 aliphatic carbocycles. The molecule has 0 atom stereocenters. The van der Waals surface area contributed by atoms with E-state index in [9.17, 15) is 18.8 Å². The van der Waals surface area contributed by atoms with E-state index in [-0.39, 0.29) is 24.6 Å². The molecule has 1 saturated heterocycles. The number of halogens is 2. The van der Waals surface area contributed by atoms with Crippen LogP contribution in [0.25, 0.3) is 0 Å². The number of imide groups is 1. The van der Waals surface area contributed by atoms with Gasteiger partial charge < -0.3 is 10.6 Å². The standard InChI is InChI=1S/C16H17ClFN3O3/c17-10-3-4-11(18)12(9-10)19-13(22)5-8-21-14(23)16(20-15(21)24)6-1-2-7-16/h3-4,9H,1-2,5-8H2,(H,19,22)(H,20,24). The number of rotatable bonds is 4. The highest BCUT2D eigenvalue weighted by atomic mass is 35.5. The van der Waals surface area contributed by atoms with Crippen molar-refractivity contribution in [3.63, 3.8) is 0 Å². The van der Waals surface area contributed by atoms with E-state index in [0.717, 1.165) is 23.8 Å². The van der Waals surface area contributed by atoms with E-state index in [0.29, 0.717) is 17.9 Å². The minimum atomic E-state index is -0.785. The number of hydrogen-bond acceptors (Lipinski definition) is 3. The molecule has 128 valence electrons. The lowest BCUT2D eigenvalue weighted by Crippen LogP contribution is -2.44. The smallest absolute Gasteiger partial charge is 0.323 e. The van der Waals surface area contributed by atoms with Gasteiger partial charge in [0.2, 0.25) is 5.91 Å². The van der Waals surface area contributed by atoms with E-state index >= 15 is 0 Å². The van der Waals surface area contributed by atoms with E-state index in [1.807, 2.05) is 0 Å². The predicted molar refractivity (Wildman–Crippen MR) is 86.1 cm³/mol. The zero-order chi connectivity index (χ0) is 17.3. The SMILES string of the molecule is O=C(CCN1C(=O)NC2(CCCC2)C1=O)Nc1cc(Cl)ccc1F. The molecule has 0 radical (unpaired) electrons. The summed E-state index contributed by atoms with van der Waals surface area (Å²) in [6, 6.07) is 3.36. The van der Waals surface area contributed by atoms with Crippen molar-refractivity contribution in [2.24, 2.45) is 0 Å². The Bertz CT molecular complexity index is 704. The first-order valence-corrected chi connectivity index (χ1v) is 8.18. The van der Waals surface area contributed by atoms with Crippen LogP contribution in [0.15, 0.2) is 18.2 Å². The molecule has 1 aliphatic heterocycles. The molecule has 2 N–H and O–H groups in total. The first-order chi connectivity index (χ1) is 11.4. The first-order valence-electron chi connectivity index (χ1n) is 7.80. The van der Waals surface area contributed by atoms with Crippen LogP contribution in [0.2, 0.25) is 5.02 Å². The second-order valence-electron chi connectivity index (χ2n) is 6.10. The van der Waals surface area contributed by atoms with Crippen molar-refractivity contribution in [1.82, 2.24) is 10.2 Å². The summed E-state index contributed by atoms with van der Waals surface area (Å²) in [6.45, 7) is -0.0412. The Labute approximate surface area is 143 Å². The van der Waals surface area contributed by atoms with Crippen LogP contribution in [0, 0.1) is 5.82 Å². The monoisotopic (exact) mass is 353 g/mol. The normalized spacial score (nSPS) is 19.0. The fraction of sp³-hybridized carbons (Fsp3) is 0.438. The highest BCUT2D eigenvalue weighted by molar-refractivity contribution is 6.30. The maximum Gasteiger partial charge on any atom is 0.325 e. The summed E-state index contributed by atoms with van der Waals surface area (Å²) in [5.74, 6) is -1.37. The number of nitrogens with one attached hydrogen (secondary N) is 2. The fourth-order valence-electron chi connectivity index (χ4n) is 3.22. The zero-order valence-corrected chi connectivity index (χ0v) is 13.7. The van der Waals surface area contributed by atoms with Crippen molar-refractivity contribution in [3.8, 4) is 0 Å². The van der Waals surface area contributed by atoms with Crippen molar-refractivity contribution in [2.45, 2.75) is 37.6 Å². The Morgan fingerprint density at radius 3 is 2.75 bits per heavy atom. The Kier molecular flexibility index (Phi) is 4.45. The van der Waals surface area contributed by atoms with E-state index < -0.39 is 23.3 Å². The lowest BCUT2D eigenvalue weighted by Gasteiger charge is -2.19. The quantitative estimate of drug-likeness (QED) is 0.817. The van der Waals surface area contributed by atoms with Crippen LogP contribution in [0.5, 0.6) is 0 Å². The molecule has 3 rings (SSSR count). The molecule has 1 heterocycles. The molecule has 1 aromatic rings. The Morgan fingerprint density at radius 1 is 1.33 bits per heavy atom. The van der Waals surface area contributed by atoms with E-state index in [1.165, 1.54) is 12.1 Å². The Balaban J connectivity index is 1.59. The number of carbonyl (C=O) groups is 3. The van der Waals surface area contributed by atoms with Crippen LogP contribution >= 0.6 is 11.6 Å². The molecule has 2 aliphatic rings. The zero-order valence-electron chi connectivity index (χ0n) is 12.9. The number of carbonyl (C=O) groups excluding carboxylic acids is 3. The topological polar surface area (TPSA) is 78.5 Å². The maximum absolute atomic E-state index is 13.6. The summed E-state index contributed by atoms with van der Waals surface area (Å²) >= 11 is 5.76. The third kappa shape index (κ3) is 3.08. The number of amides is 4. The lowest BCUT2D eigenvalue weighted by atomic mass is 9.98. The highest BCUT2D eigenvalue weighted by Gasteiger charge is 2.52. The van der Waals surface area contributed by atoms with Gasteiger partial charge in [0.15, 0.2) is 0 Å². The van der Waals surface area contributed by atoms with Crippen LogP contribution in [0.3, 0.4) is 0 Å². The molecule has 4 amide bonds. The van der Waals surface area contributed by atoms with Crippen LogP contribution in [0.4, 0.5) is 14.9 Å². The lowest BCUT2D eigenvalue weighted by molar-refractivity contribution is -0.131. The molecule has 2 fully saturated rings. The van der Waals surface area contributed by atoms with Crippen molar-refractivity contribution < 1.29 is 18.8 Å². The van der Waals surface area contributed by atoms with Crippen LogP contribution in [0.1, 0.15) is 32.1 Å². The van der Waals surface area contributed by atoms with Gasteiger partial charge in [-0.3, -0.25) is 14.5 Å². The van der Waals surface area contributed by atoms with E-state index in [2.05, 4.69) is 10.6 Å². The summed E-state index contributed by atoms with van der Waals surface area (Å²) in [6.07, 6.45) is 2.95. The summed E-state index contributed by atoms with van der Waals surface area (Å²) in [5.41, 5.74) is -0.816. The van der Waals surface area contributed by atoms with Crippen LogP contribution < -0.4 is 10.6 Å². The van der Waals surface area contributed by atoms with Gasteiger partial charge in [-0.05, 0) is 31.0 Å². The predicted octanol–water partition coefficient (Wildman–Crippen LogP) is 2.67. The molecular weight excluding hydrogens is 337 g/mol. The highest BCUT2D eigenvalue weighted by Crippen LogP contribution is 2.35. The van der Waals surface area contributed by atoms with E-state index in [4.69, 9.17) is 11.6 Å². The molecule has 0 bridgehead atoms. The minimum absolute atomic E-state index is 0.0306. The molecule has 6 nitrogen and oxygen atoms in total. The van der Waals surface area contributed by atoms with Crippen molar-refractivity contribution >= 4 is 35.1 Å². The third-order valence-electron chi connectivity index (χ3n) is 4.47. The molecule has 0 aromatic heterocycles. The van der Waals surface area contributed by atoms with Gasteiger partial charge in [-0.15, -0.1) is 0 Å². The van der Waals surface area contributed by atoms with Gasteiger partial charge in [0.05, 0.1) is 5.69 Å². The summed E-state index contributed by atoms with van der Waals surface area (Å²) in [7, 11) is 0. The van der Waals surface area contributed by atoms with Gasteiger partial charge in [-0.25, -0.2) is 9.18 Å². The van der Waals surface area contributed by atoms with Gasteiger partial charge >= 0.3 is 6.03 Å². The Morgan fingerprint density at radius 2 is 2.04 bits per heavy atom. The molecule has 1 aromatic carbocycles. The fourth-order valence-corrected chi connectivity index (χ4v) is 3.39. The first kappa shape index (κ1) is 16.7. The number of urea groups is 1. The second-order valence-corrected chi connectivity index (χ2v) is 6.53. The molecule has 1 saturated carbocycles. The van der Waals surface area contributed by atoms with Crippen LogP contribution in [-0.2, 0) is 9.59 Å². The van der Waals surface area contributed by atoms with Crippen molar-refractivity contribution in [1.29, 1.82) is 0 Å². The van der Waals surface area contributed by atoms with Gasteiger partial charge in [0.25, 0.3) is 5.91 Å². The van der Waals surface area contributed by atoms with Gasteiger partial charge in [0.1, 0.15) is 11.4 Å². The average Bonchev–Trinajstić information content (AvgIpc) is 3.08. The van der Waals surface area contributed by atoms with E-state index in [1.54, 1.807) is 0 Å². The van der Waals surface area contributed by atoms with Crippen molar-refractivity contribution in [2.75, 3.05) is 11.9 Å². The summed E-state index contributed by atoms with van der Waals surface area (Å²) in [4.78, 5) is 37.5. The summed E-state index contributed by atoms with van der Waals surface area (Å²) < 4.78 is 13.6. The second kappa shape index (κ2) is 6.39. The largest absolute Gasteiger partial charge is 0.325 e. The van der Waals surface area contributed by atoms with Crippen molar-refractivity contribution in [3.05, 3.63) is 29.0 Å². The molecule has 0 unspecified atom stereocenters. The summed E-state index contributed by atoms with van der Waals surface area (Å²) in [5, 5.41) is 5.44.